The van der Waals surface area contributed by atoms with E-state index in [1.165, 1.54) is 25.0 Å². The van der Waals surface area contributed by atoms with Crippen LogP contribution in [-0.2, 0) is 10.0 Å². The first kappa shape index (κ1) is 21.0. The minimum absolute atomic E-state index is 0.00827. The van der Waals surface area contributed by atoms with Crippen molar-refractivity contribution in [1.82, 2.24) is 14.7 Å². The van der Waals surface area contributed by atoms with E-state index in [0.29, 0.717) is 0 Å². The lowest BCUT2D eigenvalue weighted by Gasteiger charge is -2.14. The number of alkyl halides is 3. The maximum atomic E-state index is 12.4. The number of hydrogen-bond donors (Lipinski definition) is 2. The zero-order chi connectivity index (χ0) is 20.9. The van der Waals surface area contributed by atoms with Crippen molar-refractivity contribution in [3.8, 4) is 17.5 Å². The van der Waals surface area contributed by atoms with Gasteiger partial charge in [-0.2, -0.15) is 9.97 Å². The smallest absolute Gasteiger partial charge is 0.481 e. The molecule has 1 aromatic carbocycles. The average Bonchev–Trinajstić information content (AvgIpc) is 2.59. The summed E-state index contributed by atoms with van der Waals surface area (Å²) in [6.45, 7) is 0. The normalized spacial score (nSPS) is 11.5. The van der Waals surface area contributed by atoms with E-state index in [2.05, 4.69) is 14.7 Å². The average molecular weight is 422 g/mol. The maximum absolute atomic E-state index is 12.4. The van der Waals surface area contributed by atoms with Crippen LogP contribution in [0.3, 0.4) is 0 Å². The fourth-order valence-electron chi connectivity index (χ4n) is 1.85. The molecule has 152 valence electrons. The predicted molar refractivity (Wildman–Crippen MR) is 87.6 cm³/mol. The Morgan fingerprint density at radius 3 is 2.18 bits per heavy atom. The lowest BCUT2D eigenvalue weighted by Crippen LogP contribution is -2.35. The Bertz CT molecular complexity index is 946. The molecule has 0 aliphatic heterocycles. The van der Waals surface area contributed by atoms with Gasteiger partial charge in [0.25, 0.3) is 10.0 Å². The third kappa shape index (κ3) is 5.60. The van der Waals surface area contributed by atoms with Crippen molar-refractivity contribution < 1.29 is 40.6 Å². The van der Waals surface area contributed by atoms with Gasteiger partial charge in [-0.15, -0.1) is 13.2 Å². The van der Waals surface area contributed by atoms with Crippen molar-refractivity contribution in [2.24, 2.45) is 0 Å². The van der Waals surface area contributed by atoms with Crippen molar-refractivity contribution in [3.05, 3.63) is 30.3 Å². The molecule has 0 spiro atoms. The molecule has 14 heteroatoms. The van der Waals surface area contributed by atoms with E-state index >= 15 is 0 Å². The van der Waals surface area contributed by atoms with Crippen LogP contribution in [0.4, 0.5) is 23.9 Å². The number of carbonyl (C=O) groups excluding carboxylic acids is 1. The van der Waals surface area contributed by atoms with E-state index in [9.17, 15) is 26.4 Å². The molecular weight excluding hydrogens is 409 g/mol. The van der Waals surface area contributed by atoms with Crippen molar-refractivity contribution in [1.29, 1.82) is 0 Å². The van der Waals surface area contributed by atoms with Gasteiger partial charge >= 0.3 is 12.4 Å². The lowest BCUT2D eigenvalue weighted by molar-refractivity contribution is -0.275. The van der Waals surface area contributed by atoms with Gasteiger partial charge in [0, 0.05) is 0 Å². The van der Waals surface area contributed by atoms with E-state index in [0.717, 1.165) is 24.3 Å². The summed E-state index contributed by atoms with van der Waals surface area (Å²) < 4.78 is 76.8. The van der Waals surface area contributed by atoms with Crippen molar-refractivity contribution in [2.45, 2.75) is 11.3 Å². The molecule has 0 radical (unpaired) electrons. The first-order valence-corrected chi connectivity index (χ1v) is 8.68. The minimum atomic E-state index is -5.13. The molecule has 0 saturated heterocycles. The van der Waals surface area contributed by atoms with Gasteiger partial charge in [-0.05, 0) is 12.1 Å². The highest BCUT2D eigenvalue weighted by atomic mass is 32.2. The quantitative estimate of drug-likeness (QED) is 0.722. The molecular formula is C14H13F3N4O6S. The number of halogens is 3. The number of para-hydroxylation sites is 1. The topological polar surface area (TPSA) is 129 Å². The maximum Gasteiger partial charge on any atom is 0.573 e. The van der Waals surface area contributed by atoms with E-state index < -0.39 is 33.1 Å². The third-order valence-corrected chi connectivity index (χ3v) is 4.28. The number of benzene rings is 1. The number of aromatic nitrogens is 2. The van der Waals surface area contributed by atoms with E-state index in [1.54, 1.807) is 0 Å². The number of ether oxygens (including phenoxy) is 3. The van der Waals surface area contributed by atoms with Gasteiger partial charge in [0.2, 0.25) is 17.7 Å². The summed E-state index contributed by atoms with van der Waals surface area (Å²) in [5, 5.41) is 2.01. The number of nitrogens with zero attached hydrogens (tertiary/aromatic N) is 2. The summed E-state index contributed by atoms with van der Waals surface area (Å²) in [6.07, 6.45) is -5.13. The molecule has 28 heavy (non-hydrogen) atoms. The Kier molecular flexibility index (Phi) is 6.12. The Morgan fingerprint density at radius 2 is 1.64 bits per heavy atom. The summed E-state index contributed by atoms with van der Waals surface area (Å²) in [5.41, 5.74) is 0. The highest BCUT2D eigenvalue weighted by molar-refractivity contribution is 7.90. The largest absolute Gasteiger partial charge is 0.573 e. The van der Waals surface area contributed by atoms with Crippen molar-refractivity contribution in [2.75, 3.05) is 19.5 Å². The van der Waals surface area contributed by atoms with Crippen molar-refractivity contribution >= 4 is 22.0 Å². The molecule has 0 saturated carbocycles. The number of rotatable bonds is 6. The molecule has 2 N–H and O–H groups in total. The number of amides is 2. The SMILES string of the molecule is COc1cc(OC)nc(NC(=O)NS(=O)(=O)c2ccccc2OC(F)(F)F)n1. The standard InChI is InChI=1S/C14H13F3N4O6S/c1-25-10-7-11(26-2)19-12(18-10)20-13(22)21-28(23,24)9-6-4-3-5-8(9)27-14(15,16)17/h3-7H,1-2H3,(H2,18,19,20,21,22). The van der Waals surface area contributed by atoms with Gasteiger partial charge < -0.3 is 14.2 Å². The molecule has 10 nitrogen and oxygen atoms in total. The number of methoxy groups -OCH3 is 2. The van der Waals surface area contributed by atoms with E-state index in [4.69, 9.17) is 9.47 Å². The zero-order valence-corrected chi connectivity index (χ0v) is 15.1. The molecule has 1 heterocycles. The summed E-state index contributed by atoms with van der Waals surface area (Å²) in [7, 11) is -2.15. The summed E-state index contributed by atoms with van der Waals surface area (Å²) in [5.74, 6) is -1.36. The lowest BCUT2D eigenvalue weighted by atomic mass is 10.3. The Balaban J connectivity index is 2.22. The molecule has 2 aromatic rings. The van der Waals surface area contributed by atoms with Gasteiger partial charge in [0.05, 0.1) is 20.3 Å². The number of urea groups is 1. The number of anilines is 1. The molecule has 0 aliphatic carbocycles. The van der Waals surface area contributed by atoms with Crippen molar-refractivity contribution in [3.63, 3.8) is 0 Å². The monoisotopic (exact) mass is 422 g/mol. The van der Waals surface area contributed by atoms with Crippen LogP contribution in [0, 0.1) is 0 Å². The van der Waals surface area contributed by atoms with Crippen LogP contribution in [0.1, 0.15) is 0 Å². The van der Waals surface area contributed by atoms with Crippen LogP contribution in [0.5, 0.6) is 17.5 Å². The molecule has 2 rings (SSSR count). The summed E-state index contributed by atoms with van der Waals surface area (Å²) >= 11 is 0. The first-order chi connectivity index (χ1) is 13.0. The van der Waals surface area contributed by atoms with Crippen LogP contribution in [0.25, 0.3) is 0 Å². The second-order valence-electron chi connectivity index (χ2n) is 4.83. The van der Waals surface area contributed by atoms with Crippen LogP contribution in [-0.4, -0.2) is 45.0 Å². The Labute approximate surface area is 156 Å². The van der Waals surface area contributed by atoms with Crippen LogP contribution in [0.15, 0.2) is 35.2 Å². The third-order valence-electron chi connectivity index (χ3n) is 2.91. The second-order valence-corrected chi connectivity index (χ2v) is 6.48. The molecule has 1 aromatic heterocycles. The van der Waals surface area contributed by atoms with Gasteiger partial charge in [0.1, 0.15) is 10.6 Å². The summed E-state index contributed by atoms with van der Waals surface area (Å²) in [6, 6.07) is 3.88. The number of nitrogens with one attached hydrogen (secondary N) is 2. The van der Waals surface area contributed by atoms with Crippen LogP contribution in [0.2, 0.25) is 0 Å². The van der Waals surface area contributed by atoms with Gasteiger partial charge in [0.15, 0.2) is 0 Å². The van der Waals surface area contributed by atoms with Gasteiger partial charge in [-0.25, -0.2) is 17.9 Å². The molecule has 0 bridgehead atoms. The predicted octanol–water partition coefficient (Wildman–Crippen LogP) is 1.90. The Morgan fingerprint density at radius 1 is 1.07 bits per heavy atom. The van der Waals surface area contributed by atoms with E-state index in [-0.39, 0.29) is 17.7 Å². The highest BCUT2D eigenvalue weighted by Gasteiger charge is 2.34. The van der Waals surface area contributed by atoms with E-state index in [1.807, 2.05) is 5.32 Å². The summed E-state index contributed by atoms with van der Waals surface area (Å²) in [4.78, 5) is 18.6. The molecule has 0 fully saturated rings. The molecule has 2 amide bonds. The second kappa shape index (κ2) is 8.16. The van der Waals surface area contributed by atoms with Crippen LogP contribution < -0.4 is 24.2 Å². The molecule has 0 unspecified atom stereocenters. The van der Waals surface area contributed by atoms with Crippen LogP contribution >= 0.6 is 0 Å². The number of carbonyl (C=O) groups is 1. The van der Waals surface area contributed by atoms with Gasteiger partial charge in [-0.3, -0.25) is 5.32 Å². The van der Waals surface area contributed by atoms with Gasteiger partial charge in [-0.1, -0.05) is 12.1 Å². The minimum Gasteiger partial charge on any atom is -0.481 e. The zero-order valence-electron chi connectivity index (χ0n) is 14.3. The molecule has 0 aliphatic rings. The number of sulfonamides is 1. The number of hydrogen-bond acceptors (Lipinski definition) is 8. The highest BCUT2D eigenvalue weighted by Crippen LogP contribution is 2.29. The first-order valence-electron chi connectivity index (χ1n) is 7.19. The fraction of sp³-hybridized carbons (Fsp3) is 0.214. The Hall–Kier alpha value is -3.29. The molecule has 0 atom stereocenters. The fourth-order valence-corrected chi connectivity index (χ4v) is 2.89.